The Balaban J connectivity index is 1.48. The van der Waals surface area contributed by atoms with E-state index in [4.69, 9.17) is 0 Å². The fourth-order valence-electron chi connectivity index (χ4n) is 5.68. The topological polar surface area (TPSA) is 110 Å². The molecule has 5 rings (SSSR count). The van der Waals surface area contributed by atoms with E-state index in [9.17, 15) is 35.9 Å². The van der Waals surface area contributed by atoms with Crippen LogP contribution in [0.2, 0.25) is 0 Å². The van der Waals surface area contributed by atoms with Gasteiger partial charge in [-0.25, -0.2) is 9.89 Å². The maximum Gasteiger partial charge on any atom is 0.416 e. The number of halogens is 6. The number of hydrogen-bond donors (Lipinski definition) is 2. The monoisotopic (exact) mass is 597 g/mol. The second-order valence-electron chi connectivity index (χ2n) is 10.7. The molecule has 42 heavy (non-hydrogen) atoms. The minimum absolute atomic E-state index is 0.0159. The normalized spacial score (nSPS) is 19.6. The molecule has 2 aromatic heterocycles. The minimum atomic E-state index is -4.96. The molecule has 1 atom stereocenters. The molecule has 0 saturated carbocycles. The molecule has 226 valence electrons. The van der Waals surface area contributed by atoms with E-state index in [0.717, 1.165) is 43.0 Å². The van der Waals surface area contributed by atoms with Gasteiger partial charge < -0.3 is 5.32 Å². The number of alkyl halides is 6. The number of unbranched alkanes of at least 4 members (excludes halogenated alkanes) is 3. The summed E-state index contributed by atoms with van der Waals surface area (Å²) in [5.41, 5.74) is -1.97. The van der Waals surface area contributed by atoms with Crippen molar-refractivity contribution in [1.82, 2.24) is 35.3 Å². The molecule has 0 bridgehead atoms. The summed E-state index contributed by atoms with van der Waals surface area (Å²) in [5.74, 6) is -1.15. The number of nitrogens with zero attached hydrogens (tertiary/aromatic N) is 5. The third-order valence-electron chi connectivity index (χ3n) is 7.86. The van der Waals surface area contributed by atoms with Crippen LogP contribution in [0.15, 0.2) is 35.4 Å². The van der Waals surface area contributed by atoms with Gasteiger partial charge in [-0.1, -0.05) is 31.0 Å². The molecular formula is C27H29F6N7O2. The molecule has 0 fully saturated rings. The number of nitrogens with one attached hydrogen (secondary N) is 2. The van der Waals surface area contributed by atoms with Gasteiger partial charge in [0.15, 0.2) is 5.54 Å². The van der Waals surface area contributed by atoms with Crippen LogP contribution < -0.4 is 11.0 Å². The molecule has 2 aliphatic rings. The number of aryl methyl sites for hydroxylation is 3. The van der Waals surface area contributed by atoms with Crippen molar-refractivity contribution in [3.63, 3.8) is 0 Å². The number of tetrazole rings is 1. The highest BCUT2D eigenvalue weighted by Crippen LogP contribution is 2.49. The number of H-pyrrole nitrogens is 1. The van der Waals surface area contributed by atoms with Gasteiger partial charge in [-0.2, -0.15) is 36.1 Å². The van der Waals surface area contributed by atoms with Crippen molar-refractivity contribution in [3.05, 3.63) is 63.3 Å². The molecule has 1 amide bonds. The van der Waals surface area contributed by atoms with Crippen molar-refractivity contribution in [2.45, 2.75) is 88.6 Å². The molecule has 3 heterocycles. The van der Waals surface area contributed by atoms with Crippen molar-refractivity contribution in [3.8, 4) is 0 Å². The van der Waals surface area contributed by atoms with Gasteiger partial charge >= 0.3 is 18.0 Å². The maximum atomic E-state index is 15.0. The Morgan fingerprint density at radius 1 is 0.952 bits per heavy atom. The summed E-state index contributed by atoms with van der Waals surface area (Å²) < 4.78 is 84.0. The Labute approximate surface area is 236 Å². The predicted octanol–water partition coefficient (Wildman–Crippen LogP) is 4.90. The largest absolute Gasteiger partial charge is 0.416 e. The summed E-state index contributed by atoms with van der Waals surface area (Å²) in [7, 11) is 0. The quantitative estimate of drug-likeness (QED) is 0.269. The fourth-order valence-corrected chi connectivity index (χ4v) is 5.68. The van der Waals surface area contributed by atoms with E-state index in [0.29, 0.717) is 29.5 Å². The lowest BCUT2D eigenvalue weighted by molar-refractivity contribution is -0.201. The average molecular weight is 598 g/mol. The number of aromatic nitrogens is 6. The van der Waals surface area contributed by atoms with Crippen molar-refractivity contribution in [1.29, 1.82) is 0 Å². The number of aromatic amines is 1. The Morgan fingerprint density at radius 3 is 2.38 bits per heavy atom. The van der Waals surface area contributed by atoms with Crippen LogP contribution in [0.5, 0.6) is 0 Å². The molecule has 1 aromatic carbocycles. The molecule has 3 aromatic rings. The van der Waals surface area contributed by atoms with Crippen LogP contribution in [0.25, 0.3) is 11.3 Å². The highest BCUT2D eigenvalue weighted by Gasteiger charge is 2.60. The molecule has 1 aliphatic heterocycles. The molecular weight excluding hydrogens is 568 g/mol. The van der Waals surface area contributed by atoms with Crippen LogP contribution in [0.3, 0.4) is 0 Å². The zero-order valence-corrected chi connectivity index (χ0v) is 22.5. The summed E-state index contributed by atoms with van der Waals surface area (Å²) in [6, 6.07) is 5.28. The van der Waals surface area contributed by atoms with E-state index >= 15 is 0 Å². The van der Waals surface area contributed by atoms with Crippen LogP contribution in [-0.4, -0.2) is 48.2 Å². The summed E-state index contributed by atoms with van der Waals surface area (Å²) in [6.07, 6.45) is -3.86. The van der Waals surface area contributed by atoms with Crippen molar-refractivity contribution in [2.24, 2.45) is 0 Å². The number of fused-ring (bicyclic) bond motifs is 1. The number of benzene rings is 1. The van der Waals surface area contributed by atoms with Gasteiger partial charge in [-0.3, -0.25) is 9.48 Å². The Morgan fingerprint density at radius 2 is 1.69 bits per heavy atom. The number of carbonyl (C=O) groups is 1. The Kier molecular flexibility index (Phi) is 8.03. The summed E-state index contributed by atoms with van der Waals surface area (Å²) in [5, 5.41) is 15.3. The lowest BCUT2D eigenvalue weighted by Gasteiger charge is -2.40. The van der Waals surface area contributed by atoms with Gasteiger partial charge in [-0.15, -0.1) is 0 Å². The molecule has 2 N–H and O–H groups in total. The minimum Gasteiger partial charge on any atom is -0.332 e. The lowest BCUT2D eigenvalue weighted by Crippen LogP contribution is -2.59. The van der Waals surface area contributed by atoms with Gasteiger partial charge in [-0.05, 0) is 71.2 Å². The molecule has 9 nitrogen and oxygen atoms in total. The Hall–Kier alpha value is -3.91. The standard InChI is InChI=1S/C27H29F6N7O2/c28-26(29,30)11-5-1-2-6-12-39-16-20(15-34-39)25(27(31,32)33)14-21(19-10-9-17-7-3-4-8-18(17)13-19)22(23(41)35-25)40-24(42)36-37-38-40/h9-10,13,15-16H,1-8,11-12,14H2,(H,35,41)(H,36,38,42)/t25-/m0/s1. The molecule has 15 heteroatoms. The predicted molar refractivity (Wildman–Crippen MR) is 139 cm³/mol. The number of carbonyl (C=O) groups excluding carboxylic acids is 1. The van der Waals surface area contributed by atoms with Crippen molar-refractivity contribution < 1.29 is 31.1 Å². The highest BCUT2D eigenvalue weighted by atomic mass is 19.4. The molecule has 0 spiro atoms. The van der Waals surface area contributed by atoms with Crippen LogP contribution in [0, 0.1) is 0 Å². The van der Waals surface area contributed by atoms with Gasteiger partial charge in [0.05, 0.1) is 6.20 Å². The third kappa shape index (κ3) is 6.00. The van der Waals surface area contributed by atoms with Gasteiger partial charge in [0, 0.05) is 31.1 Å². The first-order valence-electron chi connectivity index (χ1n) is 13.7. The van der Waals surface area contributed by atoms with E-state index in [2.05, 4.69) is 25.9 Å². The molecule has 0 unspecified atom stereocenters. The fraction of sp³-hybridized carbons (Fsp3) is 0.519. The van der Waals surface area contributed by atoms with Crippen LogP contribution in [0.4, 0.5) is 26.3 Å². The van der Waals surface area contributed by atoms with Gasteiger partial charge in [0.25, 0.3) is 5.91 Å². The van der Waals surface area contributed by atoms with E-state index in [1.165, 1.54) is 10.9 Å². The average Bonchev–Trinajstić information content (AvgIpc) is 3.58. The van der Waals surface area contributed by atoms with E-state index in [1.807, 2.05) is 6.07 Å². The number of amides is 1. The number of hydrogen-bond acceptors (Lipinski definition) is 5. The summed E-state index contributed by atoms with van der Waals surface area (Å²) >= 11 is 0. The van der Waals surface area contributed by atoms with Gasteiger partial charge in [0.2, 0.25) is 0 Å². The first kappa shape index (κ1) is 29.6. The smallest absolute Gasteiger partial charge is 0.332 e. The zero-order valence-electron chi connectivity index (χ0n) is 22.5. The van der Waals surface area contributed by atoms with Crippen LogP contribution in [0.1, 0.15) is 73.6 Å². The first-order chi connectivity index (χ1) is 19.9. The van der Waals surface area contributed by atoms with E-state index in [-0.39, 0.29) is 29.8 Å². The zero-order chi connectivity index (χ0) is 30.1. The third-order valence-corrected chi connectivity index (χ3v) is 7.86. The number of rotatable bonds is 9. The van der Waals surface area contributed by atoms with Crippen molar-refractivity contribution >= 4 is 17.2 Å². The van der Waals surface area contributed by atoms with E-state index in [1.54, 1.807) is 12.1 Å². The van der Waals surface area contributed by atoms with Crippen LogP contribution >= 0.6 is 0 Å². The summed E-state index contributed by atoms with van der Waals surface area (Å²) in [6.45, 7) is 0.195. The Bertz CT molecular complexity index is 1530. The second-order valence-corrected chi connectivity index (χ2v) is 10.7. The SMILES string of the molecule is O=C1N[C@@](c2cnn(CCCCCCC(F)(F)F)c2)(C(F)(F)F)CC(c2ccc3c(c2)CCCC3)=C1n1nn[nH]c1=O. The summed E-state index contributed by atoms with van der Waals surface area (Å²) in [4.78, 5) is 25.9. The first-order valence-corrected chi connectivity index (χ1v) is 13.7. The molecule has 0 radical (unpaired) electrons. The van der Waals surface area contributed by atoms with Gasteiger partial charge in [0.1, 0.15) is 5.70 Å². The van der Waals surface area contributed by atoms with E-state index < -0.39 is 42.3 Å². The second kappa shape index (κ2) is 11.4. The van der Waals surface area contributed by atoms with Crippen molar-refractivity contribution in [2.75, 3.05) is 0 Å². The lowest BCUT2D eigenvalue weighted by atomic mass is 9.78. The maximum absolute atomic E-state index is 15.0. The van der Waals surface area contributed by atoms with Crippen LogP contribution in [-0.2, 0) is 29.7 Å². The molecule has 0 saturated heterocycles. The highest BCUT2D eigenvalue weighted by molar-refractivity contribution is 6.23. The molecule has 1 aliphatic carbocycles.